The smallest absolute Gasteiger partial charge is 0.230 e. The Labute approximate surface area is 108 Å². The Kier molecular flexibility index (Phi) is 2.73. The molecule has 4 heteroatoms. The van der Waals surface area contributed by atoms with Crippen LogP contribution < -0.4 is 0 Å². The number of para-hydroxylation sites is 2. The molecular weight excluding hydrogens is 243 g/mol. The molecule has 0 aliphatic heterocycles. The standard InChI is InChI=1S/C15H9FN2O/c16-12-9-10(7-8-17)5-6-11(12)15-18-13-3-1-2-4-14(13)19-15/h1-6,9H,7H2. The van der Waals surface area contributed by atoms with Gasteiger partial charge in [0.1, 0.15) is 11.3 Å². The van der Waals surface area contributed by atoms with Crippen molar-refractivity contribution in [1.82, 2.24) is 4.98 Å². The third-order valence-corrected chi connectivity index (χ3v) is 2.84. The lowest BCUT2D eigenvalue weighted by Crippen LogP contribution is -1.88. The molecule has 0 unspecified atom stereocenters. The zero-order chi connectivity index (χ0) is 13.2. The van der Waals surface area contributed by atoms with Gasteiger partial charge in [0.25, 0.3) is 0 Å². The van der Waals surface area contributed by atoms with Crippen molar-refractivity contribution in [2.24, 2.45) is 0 Å². The van der Waals surface area contributed by atoms with Crippen LogP contribution >= 0.6 is 0 Å². The van der Waals surface area contributed by atoms with Gasteiger partial charge in [-0.25, -0.2) is 9.37 Å². The summed E-state index contributed by atoms with van der Waals surface area (Å²) in [5.74, 6) is -0.179. The lowest BCUT2D eigenvalue weighted by molar-refractivity contribution is 0.593. The van der Waals surface area contributed by atoms with Crippen molar-refractivity contribution < 1.29 is 8.81 Å². The molecule has 1 heterocycles. The molecule has 1 aromatic heterocycles. The molecule has 3 nitrogen and oxygen atoms in total. The van der Waals surface area contributed by atoms with Gasteiger partial charge in [-0.2, -0.15) is 5.26 Å². The summed E-state index contributed by atoms with van der Waals surface area (Å²) < 4.78 is 19.5. The van der Waals surface area contributed by atoms with Crippen molar-refractivity contribution in [3.8, 4) is 17.5 Å². The average Bonchev–Trinajstić information content (AvgIpc) is 2.82. The summed E-state index contributed by atoms with van der Waals surface area (Å²) in [5.41, 5.74) is 2.26. The van der Waals surface area contributed by atoms with Crippen molar-refractivity contribution in [3.63, 3.8) is 0 Å². The van der Waals surface area contributed by atoms with Gasteiger partial charge < -0.3 is 4.42 Å². The van der Waals surface area contributed by atoms with E-state index < -0.39 is 5.82 Å². The first-order valence-electron chi connectivity index (χ1n) is 5.79. The fourth-order valence-electron chi connectivity index (χ4n) is 1.92. The minimum atomic E-state index is -0.431. The van der Waals surface area contributed by atoms with Crippen LogP contribution in [-0.2, 0) is 6.42 Å². The van der Waals surface area contributed by atoms with Crippen LogP contribution in [0, 0.1) is 17.1 Å². The molecule has 0 amide bonds. The third kappa shape index (κ3) is 2.06. The Hall–Kier alpha value is -2.67. The zero-order valence-corrected chi connectivity index (χ0v) is 9.93. The van der Waals surface area contributed by atoms with Gasteiger partial charge in [0, 0.05) is 0 Å². The number of hydrogen-bond acceptors (Lipinski definition) is 3. The van der Waals surface area contributed by atoms with Gasteiger partial charge in [0.15, 0.2) is 5.58 Å². The SMILES string of the molecule is N#CCc1ccc(-c2nc3ccccc3o2)c(F)c1. The third-order valence-electron chi connectivity index (χ3n) is 2.84. The van der Waals surface area contributed by atoms with Crippen LogP contribution in [0.25, 0.3) is 22.6 Å². The van der Waals surface area contributed by atoms with Crippen LogP contribution in [0.4, 0.5) is 4.39 Å². The van der Waals surface area contributed by atoms with Gasteiger partial charge in [-0.15, -0.1) is 0 Å². The first-order valence-corrected chi connectivity index (χ1v) is 5.79. The van der Waals surface area contributed by atoms with E-state index in [1.54, 1.807) is 18.2 Å². The first-order chi connectivity index (χ1) is 9.28. The highest BCUT2D eigenvalue weighted by molar-refractivity contribution is 5.76. The molecule has 0 aliphatic rings. The highest BCUT2D eigenvalue weighted by Gasteiger charge is 2.12. The van der Waals surface area contributed by atoms with Gasteiger partial charge in [0.2, 0.25) is 5.89 Å². The van der Waals surface area contributed by atoms with E-state index >= 15 is 0 Å². The molecule has 0 saturated carbocycles. The molecule has 3 rings (SSSR count). The van der Waals surface area contributed by atoms with Crippen LogP contribution in [0.5, 0.6) is 0 Å². The van der Waals surface area contributed by atoms with Crippen molar-refractivity contribution in [3.05, 3.63) is 53.8 Å². The summed E-state index contributed by atoms with van der Waals surface area (Å²) in [5, 5.41) is 8.59. The average molecular weight is 252 g/mol. The van der Waals surface area contributed by atoms with Crippen LogP contribution in [0.2, 0.25) is 0 Å². The topological polar surface area (TPSA) is 49.8 Å². The highest BCUT2D eigenvalue weighted by Crippen LogP contribution is 2.26. The zero-order valence-electron chi connectivity index (χ0n) is 9.93. The number of fused-ring (bicyclic) bond motifs is 1. The summed E-state index contributed by atoms with van der Waals surface area (Å²) >= 11 is 0. The molecule has 0 bridgehead atoms. The molecule has 0 saturated heterocycles. The second-order valence-corrected chi connectivity index (χ2v) is 4.14. The molecule has 0 N–H and O–H groups in total. The number of nitrogens with zero attached hydrogens (tertiary/aromatic N) is 2. The molecule has 0 spiro atoms. The fourth-order valence-corrected chi connectivity index (χ4v) is 1.92. The number of oxazole rings is 1. The molecule has 0 atom stereocenters. The summed E-state index contributed by atoms with van der Waals surface area (Å²) in [7, 11) is 0. The van der Waals surface area contributed by atoms with E-state index in [9.17, 15) is 4.39 Å². The Balaban J connectivity index is 2.08. The number of halogens is 1. The van der Waals surface area contributed by atoms with Crippen LogP contribution in [0.1, 0.15) is 5.56 Å². The Morgan fingerprint density at radius 2 is 2.05 bits per heavy atom. The minimum absolute atomic E-state index is 0.185. The van der Waals surface area contributed by atoms with Gasteiger partial charge in [0.05, 0.1) is 18.1 Å². The molecule has 0 radical (unpaired) electrons. The van der Waals surface area contributed by atoms with Gasteiger partial charge in [-0.05, 0) is 29.8 Å². The van der Waals surface area contributed by atoms with E-state index in [2.05, 4.69) is 4.98 Å². The maximum Gasteiger partial charge on any atom is 0.230 e. The van der Waals surface area contributed by atoms with Crippen molar-refractivity contribution in [2.75, 3.05) is 0 Å². The molecule has 0 fully saturated rings. The highest BCUT2D eigenvalue weighted by atomic mass is 19.1. The van der Waals surface area contributed by atoms with Crippen molar-refractivity contribution in [1.29, 1.82) is 5.26 Å². The Bertz CT molecular complexity index is 753. The Morgan fingerprint density at radius 3 is 2.79 bits per heavy atom. The van der Waals surface area contributed by atoms with Crippen LogP contribution in [0.3, 0.4) is 0 Å². The lowest BCUT2D eigenvalue weighted by atomic mass is 10.1. The summed E-state index contributed by atoms with van der Waals surface area (Å²) in [6.45, 7) is 0. The van der Waals surface area contributed by atoms with Gasteiger partial charge >= 0.3 is 0 Å². The number of hydrogen-bond donors (Lipinski definition) is 0. The van der Waals surface area contributed by atoms with E-state index in [-0.39, 0.29) is 12.3 Å². The molecule has 92 valence electrons. The largest absolute Gasteiger partial charge is 0.436 e. The fraction of sp³-hybridized carbons (Fsp3) is 0.0667. The van der Waals surface area contributed by atoms with Crippen molar-refractivity contribution in [2.45, 2.75) is 6.42 Å². The number of benzene rings is 2. The second-order valence-electron chi connectivity index (χ2n) is 4.14. The van der Waals surface area contributed by atoms with E-state index in [4.69, 9.17) is 9.68 Å². The second kappa shape index (κ2) is 4.54. The Morgan fingerprint density at radius 1 is 1.21 bits per heavy atom. The molecule has 0 aliphatic carbocycles. The lowest BCUT2D eigenvalue weighted by Gasteiger charge is -2.00. The van der Waals surface area contributed by atoms with E-state index in [1.165, 1.54) is 6.07 Å². The normalized spacial score (nSPS) is 10.5. The summed E-state index contributed by atoms with van der Waals surface area (Å²) in [4.78, 5) is 4.25. The van der Waals surface area contributed by atoms with Crippen molar-refractivity contribution >= 4 is 11.1 Å². The predicted octanol–water partition coefficient (Wildman–Crippen LogP) is 3.70. The molecule has 3 aromatic rings. The van der Waals surface area contributed by atoms with Gasteiger partial charge in [-0.1, -0.05) is 18.2 Å². The summed E-state index contributed by atoms with van der Waals surface area (Å²) in [6, 6.07) is 13.9. The quantitative estimate of drug-likeness (QED) is 0.698. The molecule has 2 aromatic carbocycles. The number of rotatable bonds is 2. The van der Waals surface area contributed by atoms with E-state index in [1.807, 2.05) is 24.3 Å². The molecular formula is C15H9FN2O. The minimum Gasteiger partial charge on any atom is -0.436 e. The van der Waals surface area contributed by atoms with Gasteiger partial charge in [-0.3, -0.25) is 0 Å². The maximum atomic E-state index is 14.0. The number of aromatic nitrogens is 1. The summed E-state index contributed by atoms with van der Waals surface area (Å²) in [6.07, 6.45) is 0.185. The first kappa shape index (κ1) is 11.4. The predicted molar refractivity (Wildman–Crippen MR) is 68.7 cm³/mol. The van der Waals surface area contributed by atoms with E-state index in [0.29, 0.717) is 22.2 Å². The number of nitriles is 1. The molecule has 19 heavy (non-hydrogen) atoms. The maximum absolute atomic E-state index is 14.0. The van der Waals surface area contributed by atoms with Crippen LogP contribution in [0.15, 0.2) is 46.9 Å². The van der Waals surface area contributed by atoms with E-state index in [0.717, 1.165) is 0 Å². The van der Waals surface area contributed by atoms with Crippen LogP contribution in [-0.4, -0.2) is 4.98 Å². The monoisotopic (exact) mass is 252 g/mol.